The molecular formula is C35H43FN6O11. The molecule has 0 bridgehead atoms. The molecule has 0 spiro atoms. The third kappa shape index (κ3) is 9.83. The molecule has 5 rings (SSSR count). The summed E-state index contributed by atoms with van der Waals surface area (Å²) in [5.41, 5.74) is 6.03. The van der Waals surface area contributed by atoms with Crippen molar-refractivity contribution in [3.05, 3.63) is 52.8 Å². The van der Waals surface area contributed by atoms with E-state index in [0.29, 0.717) is 58.2 Å². The second-order valence-corrected chi connectivity index (χ2v) is 12.4. The summed E-state index contributed by atoms with van der Waals surface area (Å²) in [5, 5.41) is 8.03. The van der Waals surface area contributed by atoms with Crippen LogP contribution in [0.5, 0.6) is 5.75 Å². The van der Waals surface area contributed by atoms with E-state index in [1.807, 2.05) is 0 Å². The first-order valence-corrected chi connectivity index (χ1v) is 17.2. The van der Waals surface area contributed by atoms with Gasteiger partial charge in [0, 0.05) is 43.9 Å². The van der Waals surface area contributed by atoms with E-state index in [-0.39, 0.29) is 79.3 Å². The van der Waals surface area contributed by atoms with Gasteiger partial charge in [-0.1, -0.05) is 6.07 Å². The van der Waals surface area contributed by atoms with Crippen LogP contribution in [0.3, 0.4) is 0 Å². The second-order valence-electron chi connectivity index (χ2n) is 12.4. The van der Waals surface area contributed by atoms with Crippen molar-refractivity contribution in [3.8, 4) is 5.75 Å². The number of carbonyl (C=O) groups is 6. The molecule has 53 heavy (non-hydrogen) atoms. The number of nitrogens with zero attached hydrogens (tertiary/aromatic N) is 2. The highest BCUT2D eigenvalue weighted by Gasteiger charge is 2.45. The highest BCUT2D eigenvalue weighted by Crippen LogP contribution is 2.32. The Morgan fingerprint density at radius 3 is 2.34 bits per heavy atom. The molecule has 2 aromatic carbocycles. The molecule has 1 unspecified atom stereocenters. The van der Waals surface area contributed by atoms with Crippen LogP contribution in [0.15, 0.2) is 30.3 Å². The predicted molar refractivity (Wildman–Crippen MR) is 185 cm³/mol. The number of methoxy groups -OCH3 is 1. The standard InChI is InChI=1S/C35H43FN6O11/c1-49-22-17-24(31(36)25(37)18-22)32(45)39-21-7-9-41(19-21)29(44)20-53-16-15-52-14-13-51-12-11-50-10-8-38-26-4-2-3-23-30(26)35(48)42(34(23)47)27-5-6-28(43)40-33(27)46/h2-4,17-18,21,27,38H,5-16,19-20,37H2,1H3,(H,39,45)(H,40,43,46)/t21-,27?/m0/s1. The number of benzene rings is 2. The number of rotatable bonds is 19. The summed E-state index contributed by atoms with van der Waals surface area (Å²) in [5.74, 6) is -3.69. The van der Waals surface area contributed by atoms with Crippen molar-refractivity contribution in [1.29, 1.82) is 0 Å². The van der Waals surface area contributed by atoms with Gasteiger partial charge < -0.3 is 45.0 Å². The second kappa shape index (κ2) is 18.5. The maximum absolute atomic E-state index is 14.4. The molecule has 286 valence electrons. The van der Waals surface area contributed by atoms with Crippen molar-refractivity contribution in [3.63, 3.8) is 0 Å². The summed E-state index contributed by atoms with van der Waals surface area (Å²) >= 11 is 0. The van der Waals surface area contributed by atoms with Gasteiger partial charge in [-0.3, -0.25) is 39.0 Å². The highest BCUT2D eigenvalue weighted by atomic mass is 19.1. The lowest BCUT2D eigenvalue weighted by atomic mass is 10.0. The summed E-state index contributed by atoms with van der Waals surface area (Å²) in [6.07, 6.45) is 0.643. The average molecular weight is 743 g/mol. The summed E-state index contributed by atoms with van der Waals surface area (Å²) in [6, 6.07) is 6.03. The van der Waals surface area contributed by atoms with E-state index >= 15 is 0 Å². The van der Waals surface area contributed by atoms with Crippen LogP contribution in [-0.4, -0.2) is 137 Å². The lowest BCUT2D eigenvalue weighted by Crippen LogP contribution is -2.54. The van der Waals surface area contributed by atoms with Crippen LogP contribution in [0.1, 0.15) is 50.3 Å². The number of ether oxygens (including phenoxy) is 5. The SMILES string of the molecule is COc1cc(N)c(F)c(C(=O)N[C@H]2CCN(C(=O)COCCOCCOCCOCCNc3cccc4c3C(=O)N(C3CCC(=O)NC3=O)C4=O)C2)c1. The van der Waals surface area contributed by atoms with Crippen molar-refractivity contribution in [2.24, 2.45) is 0 Å². The number of nitrogens with two attached hydrogens (primary N) is 1. The van der Waals surface area contributed by atoms with Crippen LogP contribution in [0.4, 0.5) is 15.8 Å². The van der Waals surface area contributed by atoms with Gasteiger partial charge in [-0.15, -0.1) is 0 Å². The number of imide groups is 2. The fourth-order valence-electron chi connectivity index (χ4n) is 6.10. The van der Waals surface area contributed by atoms with Crippen molar-refractivity contribution in [1.82, 2.24) is 20.4 Å². The molecule has 2 saturated heterocycles. The van der Waals surface area contributed by atoms with Gasteiger partial charge in [-0.05, 0) is 31.0 Å². The largest absolute Gasteiger partial charge is 0.497 e. The van der Waals surface area contributed by atoms with Crippen LogP contribution in [0, 0.1) is 5.82 Å². The van der Waals surface area contributed by atoms with E-state index in [1.54, 1.807) is 17.0 Å². The van der Waals surface area contributed by atoms with E-state index in [9.17, 15) is 33.2 Å². The van der Waals surface area contributed by atoms with Crippen molar-refractivity contribution in [2.45, 2.75) is 31.3 Å². The van der Waals surface area contributed by atoms with Gasteiger partial charge in [0.15, 0.2) is 5.82 Å². The van der Waals surface area contributed by atoms with Gasteiger partial charge in [0.25, 0.3) is 17.7 Å². The molecule has 0 saturated carbocycles. The van der Waals surface area contributed by atoms with E-state index in [2.05, 4.69) is 16.0 Å². The first-order valence-electron chi connectivity index (χ1n) is 17.2. The summed E-state index contributed by atoms with van der Waals surface area (Å²) in [4.78, 5) is 77.6. The molecule has 0 radical (unpaired) electrons. The van der Waals surface area contributed by atoms with Crippen LogP contribution < -0.4 is 26.4 Å². The van der Waals surface area contributed by atoms with Crippen LogP contribution in [0.25, 0.3) is 0 Å². The van der Waals surface area contributed by atoms with Gasteiger partial charge in [0.2, 0.25) is 17.7 Å². The number of nitrogen functional groups attached to an aromatic ring is 1. The maximum Gasteiger partial charge on any atom is 0.264 e. The average Bonchev–Trinajstić information content (AvgIpc) is 3.71. The zero-order valence-corrected chi connectivity index (χ0v) is 29.3. The summed E-state index contributed by atoms with van der Waals surface area (Å²) < 4.78 is 41.4. The van der Waals surface area contributed by atoms with E-state index in [4.69, 9.17) is 29.4 Å². The molecular weight excluding hydrogens is 699 g/mol. The number of amides is 6. The third-order valence-electron chi connectivity index (χ3n) is 8.80. The minimum atomic E-state index is -1.03. The summed E-state index contributed by atoms with van der Waals surface area (Å²) in [7, 11) is 1.39. The number of piperidine rings is 1. The molecule has 2 fully saturated rings. The van der Waals surface area contributed by atoms with Gasteiger partial charge in [0.1, 0.15) is 18.4 Å². The fraction of sp³-hybridized carbons (Fsp3) is 0.486. The number of hydrogen-bond acceptors (Lipinski definition) is 13. The van der Waals surface area contributed by atoms with Gasteiger partial charge in [-0.2, -0.15) is 0 Å². The number of halogens is 1. The van der Waals surface area contributed by atoms with Crippen molar-refractivity contribution in [2.75, 3.05) is 90.6 Å². The number of hydrogen-bond donors (Lipinski definition) is 4. The third-order valence-corrected chi connectivity index (χ3v) is 8.80. The Balaban J connectivity index is 0.870. The number of fused-ring (bicyclic) bond motifs is 1. The predicted octanol–water partition coefficient (Wildman–Crippen LogP) is 0.327. The maximum atomic E-state index is 14.4. The topological polar surface area (TPSA) is 217 Å². The minimum absolute atomic E-state index is 0.0469. The highest BCUT2D eigenvalue weighted by molar-refractivity contribution is 6.25. The van der Waals surface area contributed by atoms with Gasteiger partial charge in [0.05, 0.1) is 75.7 Å². The lowest BCUT2D eigenvalue weighted by molar-refractivity contribution is -0.137. The Labute approximate surface area is 304 Å². The molecule has 3 aliphatic rings. The molecule has 0 aliphatic carbocycles. The summed E-state index contributed by atoms with van der Waals surface area (Å²) in [6.45, 7) is 2.93. The molecule has 3 heterocycles. The molecule has 2 aromatic rings. The molecule has 3 aliphatic heterocycles. The number of anilines is 2. The molecule has 6 amide bonds. The monoisotopic (exact) mass is 742 g/mol. The van der Waals surface area contributed by atoms with Gasteiger partial charge in [-0.25, -0.2) is 4.39 Å². The van der Waals surface area contributed by atoms with Gasteiger partial charge >= 0.3 is 0 Å². The van der Waals surface area contributed by atoms with Crippen molar-refractivity contribution >= 4 is 46.8 Å². The minimum Gasteiger partial charge on any atom is -0.497 e. The first-order chi connectivity index (χ1) is 25.6. The number of nitrogens with one attached hydrogen (secondary N) is 3. The fourth-order valence-corrected chi connectivity index (χ4v) is 6.10. The Kier molecular flexibility index (Phi) is 13.7. The molecule has 17 nitrogen and oxygen atoms in total. The lowest BCUT2D eigenvalue weighted by Gasteiger charge is -2.27. The molecule has 2 atom stereocenters. The Hall–Kier alpha value is -5.17. The Morgan fingerprint density at radius 1 is 0.943 bits per heavy atom. The van der Waals surface area contributed by atoms with Crippen LogP contribution in [0.2, 0.25) is 0 Å². The first kappa shape index (κ1) is 39.0. The van der Waals surface area contributed by atoms with E-state index in [0.717, 1.165) is 4.90 Å². The van der Waals surface area contributed by atoms with Crippen LogP contribution in [-0.2, 0) is 33.3 Å². The zero-order valence-electron chi connectivity index (χ0n) is 29.3. The van der Waals surface area contributed by atoms with E-state index < -0.39 is 41.4 Å². The number of carbonyl (C=O) groups excluding carboxylic acids is 6. The Morgan fingerprint density at radius 2 is 1.64 bits per heavy atom. The quantitative estimate of drug-likeness (QED) is 0.0868. The van der Waals surface area contributed by atoms with E-state index in [1.165, 1.54) is 25.3 Å². The smallest absolute Gasteiger partial charge is 0.264 e. The number of likely N-dealkylation sites (tertiary alicyclic amines) is 1. The van der Waals surface area contributed by atoms with Crippen molar-refractivity contribution < 1.29 is 56.8 Å². The van der Waals surface area contributed by atoms with Crippen LogP contribution >= 0.6 is 0 Å². The molecule has 5 N–H and O–H groups in total. The molecule has 18 heteroatoms. The normalized spacial score (nSPS) is 18.3. The molecule has 0 aromatic heterocycles. The zero-order chi connectivity index (χ0) is 37.9. The Bertz CT molecular complexity index is 1710.